The normalized spacial score (nSPS) is 12.4. The Labute approximate surface area is 86.1 Å². The van der Waals surface area contributed by atoms with Crippen molar-refractivity contribution in [2.75, 3.05) is 6.54 Å². The van der Waals surface area contributed by atoms with Crippen LogP contribution in [0.4, 0.5) is 0 Å². The molecular formula is C12H18N2. The molecule has 0 fully saturated rings. The van der Waals surface area contributed by atoms with Gasteiger partial charge in [-0.15, -0.1) is 6.58 Å². The van der Waals surface area contributed by atoms with Gasteiger partial charge in [-0.3, -0.25) is 4.98 Å². The number of rotatable bonds is 6. The molecule has 1 atom stereocenters. The standard InChI is InChI=1S/C12H18N2/c1-3-8-13-11(4-2)10-12-7-5-6-9-14-12/h4-7,9,11,13H,2-3,8,10H2,1H3. The summed E-state index contributed by atoms with van der Waals surface area (Å²) in [7, 11) is 0. The maximum Gasteiger partial charge on any atom is 0.0422 e. The zero-order valence-electron chi connectivity index (χ0n) is 8.74. The fourth-order valence-corrected chi connectivity index (χ4v) is 1.31. The third kappa shape index (κ3) is 3.71. The van der Waals surface area contributed by atoms with Crippen LogP contribution < -0.4 is 5.32 Å². The molecule has 0 aromatic carbocycles. The Kier molecular flexibility index (Phi) is 4.94. The van der Waals surface area contributed by atoms with Crippen LogP contribution in [0.1, 0.15) is 19.0 Å². The van der Waals surface area contributed by atoms with Gasteiger partial charge in [0.15, 0.2) is 0 Å². The largest absolute Gasteiger partial charge is 0.310 e. The molecular weight excluding hydrogens is 172 g/mol. The number of hydrogen-bond donors (Lipinski definition) is 1. The van der Waals surface area contributed by atoms with Crippen molar-refractivity contribution in [3.05, 3.63) is 42.7 Å². The maximum atomic E-state index is 4.29. The first-order chi connectivity index (χ1) is 6.86. The lowest BCUT2D eigenvalue weighted by Gasteiger charge is -2.13. The van der Waals surface area contributed by atoms with Gasteiger partial charge in [0.05, 0.1) is 0 Å². The minimum Gasteiger partial charge on any atom is -0.310 e. The molecule has 1 heterocycles. The maximum absolute atomic E-state index is 4.29. The summed E-state index contributed by atoms with van der Waals surface area (Å²) in [6.07, 6.45) is 5.84. The van der Waals surface area contributed by atoms with E-state index in [1.54, 1.807) is 0 Å². The van der Waals surface area contributed by atoms with E-state index >= 15 is 0 Å². The molecule has 14 heavy (non-hydrogen) atoms. The second-order valence-corrected chi connectivity index (χ2v) is 3.32. The van der Waals surface area contributed by atoms with Crippen LogP contribution in [0.2, 0.25) is 0 Å². The van der Waals surface area contributed by atoms with Gasteiger partial charge in [0.25, 0.3) is 0 Å². The number of pyridine rings is 1. The summed E-state index contributed by atoms with van der Waals surface area (Å²) in [4.78, 5) is 4.29. The van der Waals surface area contributed by atoms with Crippen LogP contribution >= 0.6 is 0 Å². The lowest BCUT2D eigenvalue weighted by molar-refractivity contribution is 0.580. The highest BCUT2D eigenvalue weighted by Gasteiger charge is 2.03. The highest BCUT2D eigenvalue weighted by atomic mass is 14.9. The molecule has 0 saturated heterocycles. The highest BCUT2D eigenvalue weighted by Crippen LogP contribution is 2.00. The van der Waals surface area contributed by atoms with E-state index in [2.05, 4.69) is 23.8 Å². The van der Waals surface area contributed by atoms with E-state index in [9.17, 15) is 0 Å². The molecule has 1 unspecified atom stereocenters. The first kappa shape index (κ1) is 10.9. The average molecular weight is 190 g/mol. The van der Waals surface area contributed by atoms with Crippen molar-refractivity contribution in [3.8, 4) is 0 Å². The van der Waals surface area contributed by atoms with Crippen LogP contribution in [0.15, 0.2) is 37.1 Å². The van der Waals surface area contributed by atoms with Gasteiger partial charge in [0, 0.05) is 24.4 Å². The van der Waals surface area contributed by atoms with Crippen molar-refractivity contribution < 1.29 is 0 Å². The molecule has 0 radical (unpaired) electrons. The Bertz CT molecular complexity index is 256. The van der Waals surface area contributed by atoms with Gasteiger partial charge >= 0.3 is 0 Å². The molecule has 0 saturated carbocycles. The summed E-state index contributed by atoms with van der Waals surface area (Å²) >= 11 is 0. The van der Waals surface area contributed by atoms with Gasteiger partial charge in [-0.2, -0.15) is 0 Å². The summed E-state index contributed by atoms with van der Waals surface area (Å²) < 4.78 is 0. The summed E-state index contributed by atoms with van der Waals surface area (Å²) in [5, 5.41) is 3.41. The Morgan fingerprint density at radius 3 is 3.00 bits per heavy atom. The molecule has 2 heteroatoms. The van der Waals surface area contributed by atoms with E-state index in [0.717, 1.165) is 25.1 Å². The quantitative estimate of drug-likeness (QED) is 0.695. The molecule has 1 aromatic heterocycles. The fourth-order valence-electron chi connectivity index (χ4n) is 1.31. The number of hydrogen-bond acceptors (Lipinski definition) is 2. The summed E-state index contributed by atoms with van der Waals surface area (Å²) in [5.41, 5.74) is 1.11. The molecule has 0 aliphatic heterocycles. The minimum atomic E-state index is 0.338. The van der Waals surface area contributed by atoms with E-state index in [1.807, 2.05) is 30.5 Å². The molecule has 0 spiro atoms. The fraction of sp³-hybridized carbons (Fsp3) is 0.417. The molecule has 2 nitrogen and oxygen atoms in total. The van der Waals surface area contributed by atoms with E-state index in [-0.39, 0.29) is 0 Å². The van der Waals surface area contributed by atoms with Gasteiger partial charge in [0.1, 0.15) is 0 Å². The molecule has 1 N–H and O–H groups in total. The van der Waals surface area contributed by atoms with E-state index in [1.165, 1.54) is 0 Å². The van der Waals surface area contributed by atoms with E-state index in [0.29, 0.717) is 6.04 Å². The molecule has 76 valence electrons. The van der Waals surface area contributed by atoms with Gasteiger partial charge in [-0.25, -0.2) is 0 Å². The Morgan fingerprint density at radius 2 is 2.43 bits per heavy atom. The van der Waals surface area contributed by atoms with E-state index < -0.39 is 0 Å². The van der Waals surface area contributed by atoms with E-state index in [4.69, 9.17) is 0 Å². The zero-order valence-corrected chi connectivity index (χ0v) is 8.74. The number of nitrogens with one attached hydrogen (secondary N) is 1. The van der Waals surface area contributed by atoms with Gasteiger partial charge in [0.2, 0.25) is 0 Å². The lowest BCUT2D eigenvalue weighted by Crippen LogP contribution is -2.29. The molecule has 0 aliphatic rings. The smallest absolute Gasteiger partial charge is 0.0422 e. The van der Waals surface area contributed by atoms with Crippen molar-refractivity contribution >= 4 is 0 Å². The Morgan fingerprint density at radius 1 is 1.57 bits per heavy atom. The van der Waals surface area contributed by atoms with Crippen molar-refractivity contribution in [3.63, 3.8) is 0 Å². The molecule has 1 aromatic rings. The predicted octanol–water partition coefficient (Wildman–Crippen LogP) is 2.18. The second kappa shape index (κ2) is 6.33. The molecule has 0 aliphatic carbocycles. The van der Waals surface area contributed by atoms with Crippen molar-refractivity contribution in [1.29, 1.82) is 0 Å². The zero-order chi connectivity index (χ0) is 10.2. The van der Waals surface area contributed by atoms with Gasteiger partial charge < -0.3 is 5.32 Å². The first-order valence-corrected chi connectivity index (χ1v) is 5.12. The van der Waals surface area contributed by atoms with Crippen molar-refractivity contribution in [2.45, 2.75) is 25.8 Å². The van der Waals surface area contributed by atoms with Crippen molar-refractivity contribution in [1.82, 2.24) is 10.3 Å². The minimum absolute atomic E-state index is 0.338. The van der Waals surface area contributed by atoms with Crippen LogP contribution in [-0.2, 0) is 6.42 Å². The van der Waals surface area contributed by atoms with Crippen molar-refractivity contribution in [2.24, 2.45) is 0 Å². The number of nitrogens with zero attached hydrogens (tertiary/aromatic N) is 1. The lowest BCUT2D eigenvalue weighted by atomic mass is 10.1. The van der Waals surface area contributed by atoms with Crippen LogP contribution in [0.25, 0.3) is 0 Å². The summed E-state index contributed by atoms with van der Waals surface area (Å²) in [6.45, 7) is 7.01. The summed E-state index contributed by atoms with van der Waals surface area (Å²) in [6, 6.07) is 6.34. The third-order valence-electron chi connectivity index (χ3n) is 2.10. The summed E-state index contributed by atoms with van der Waals surface area (Å²) in [5.74, 6) is 0. The van der Waals surface area contributed by atoms with Crippen LogP contribution in [0.5, 0.6) is 0 Å². The second-order valence-electron chi connectivity index (χ2n) is 3.32. The first-order valence-electron chi connectivity index (χ1n) is 5.12. The SMILES string of the molecule is C=CC(Cc1ccccn1)NCCC. The van der Waals surface area contributed by atoms with Gasteiger partial charge in [-0.1, -0.05) is 19.1 Å². The van der Waals surface area contributed by atoms with Gasteiger partial charge in [-0.05, 0) is 25.1 Å². The Hall–Kier alpha value is -1.15. The van der Waals surface area contributed by atoms with Crippen LogP contribution in [-0.4, -0.2) is 17.6 Å². The predicted molar refractivity (Wildman–Crippen MR) is 60.2 cm³/mol. The number of aromatic nitrogens is 1. The molecule has 0 bridgehead atoms. The third-order valence-corrected chi connectivity index (χ3v) is 2.10. The van der Waals surface area contributed by atoms with Crippen LogP contribution in [0, 0.1) is 0 Å². The molecule has 1 rings (SSSR count). The monoisotopic (exact) mass is 190 g/mol. The Balaban J connectivity index is 2.44. The topological polar surface area (TPSA) is 24.9 Å². The average Bonchev–Trinajstić information content (AvgIpc) is 2.25. The highest BCUT2D eigenvalue weighted by molar-refractivity contribution is 5.07. The van der Waals surface area contributed by atoms with Crippen LogP contribution in [0.3, 0.4) is 0 Å². The molecule has 0 amide bonds.